The van der Waals surface area contributed by atoms with Crippen molar-refractivity contribution >= 4 is 37.3 Å². The molecule has 2 aliphatic heterocycles. The smallest absolute Gasteiger partial charge is 0.339 e. The number of hydrogen-bond acceptors (Lipinski definition) is 9. The number of carbonyl (C=O) groups is 2. The monoisotopic (exact) mass is 753 g/mol. The van der Waals surface area contributed by atoms with Crippen molar-refractivity contribution in [2.75, 3.05) is 18.2 Å². The summed E-state index contributed by atoms with van der Waals surface area (Å²) in [5.41, 5.74) is 1.70. The molecule has 270 valence electrons. The van der Waals surface area contributed by atoms with E-state index < -0.39 is 54.7 Å². The Morgan fingerprint density at radius 2 is 1.51 bits per heavy atom. The van der Waals surface area contributed by atoms with Crippen LogP contribution in [-0.2, 0) is 24.7 Å². The minimum atomic E-state index is -4.33. The molecule has 13 heteroatoms. The van der Waals surface area contributed by atoms with Crippen molar-refractivity contribution in [2.45, 2.75) is 34.8 Å². The average molecular weight is 754 g/mol. The summed E-state index contributed by atoms with van der Waals surface area (Å²) in [6.45, 7) is 2.81. The van der Waals surface area contributed by atoms with Gasteiger partial charge in [0.25, 0.3) is 0 Å². The highest BCUT2D eigenvalue weighted by atomic mass is 32.2. The molecule has 1 amide bonds. The van der Waals surface area contributed by atoms with E-state index in [0.717, 1.165) is 0 Å². The molecule has 10 nitrogen and oxygen atoms in total. The molecule has 1 aliphatic carbocycles. The summed E-state index contributed by atoms with van der Waals surface area (Å²) < 4.78 is 86.2. The molecule has 53 heavy (non-hydrogen) atoms. The molecule has 0 unspecified atom stereocenters. The van der Waals surface area contributed by atoms with Gasteiger partial charge in [0, 0.05) is 23.6 Å². The fraction of sp³-hybridized carbons (Fsp3) is 0.200. The van der Waals surface area contributed by atoms with Gasteiger partial charge in [-0.3, -0.25) is 9.59 Å². The molecule has 1 fully saturated rings. The first-order valence-corrected chi connectivity index (χ1v) is 19.8. The number of halogens is 1. The summed E-state index contributed by atoms with van der Waals surface area (Å²) in [5, 5.41) is -0.857. The average Bonchev–Trinajstić information content (AvgIpc) is 3.75. The van der Waals surface area contributed by atoms with Crippen molar-refractivity contribution in [1.82, 2.24) is 0 Å². The van der Waals surface area contributed by atoms with E-state index in [1.165, 1.54) is 79.4 Å². The number of fused-ring (bicyclic) bond motifs is 3. The van der Waals surface area contributed by atoms with Gasteiger partial charge < -0.3 is 18.6 Å². The number of sulfone groups is 1. The molecule has 0 radical (unpaired) electrons. The fourth-order valence-corrected chi connectivity index (χ4v) is 9.61. The molecular formula is C40H32FNO9S2. The first-order valence-electron chi connectivity index (χ1n) is 16.9. The van der Waals surface area contributed by atoms with E-state index >= 15 is 4.39 Å². The number of para-hydroxylation sites is 1. The van der Waals surface area contributed by atoms with E-state index in [9.17, 15) is 26.4 Å². The molecule has 8 rings (SSSR count). The van der Waals surface area contributed by atoms with Crippen molar-refractivity contribution in [3.63, 3.8) is 0 Å². The number of carbonyl (C=O) groups excluding carboxylic acids is 2. The number of ketones is 1. The Balaban J connectivity index is 1.28. The van der Waals surface area contributed by atoms with E-state index in [2.05, 4.69) is 0 Å². The van der Waals surface area contributed by atoms with Crippen molar-refractivity contribution in [1.29, 1.82) is 0 Å². The van der Waals surface area contributed by atoms with E-state index in [1.54, 1.807) is 48.5 Å². The maximum Gasteiger partial charge on any atom is 0.339 e. The summed E-state index contributed by atoms with van der Waals surface area (Å²) >= 11 is 0. The first kappa shape index (κ1) is 34.6. The molecule has 5 aromatic carbocycles. The van der Waals surface area contributed by atoms with Gasteiger partial charge >= 0.3 is 10.1 Å². The van der Waals surface area contributed by atoms with Crippen LogP contribution in [0.1, 0.15) is 41.3 Å². The molecular weight excluding hydrogens is 722 g/mol. The standard InChI is InChI=1S/C40H32FNO9S2/c1-23(2)52(45,46)36-16-15-24(28-13-6-7-14-32(28)41)18-33(36)42-21-31-38(40(42)44)37(29-19-34-35(50-22-49-34)20-30(29)39(31)43)25-9-8-12-27(17-25)53(47,48)51-26-10-4-3-5-11-26/h3-20,23,31,37-38H,21-22H2,1-2H3/t31-,37+,38+/m0/s1. The van der Waals surface area contributed by atoms with Gasteiger partial charge in [-0.05, 0) is 85.1 Å². The Labute approximate surface area is 305 Å². The number of benzene rings is 5. The molecule has 5 aromatic rings. The molecule has 0 N–H and O–H groups in total. The number of Topliss-reactive ketones (excluding diaryl/α,β-unsaturated/α-hetero) is 1. The van der Waals surface area contributed by atoms with E-state index in [0.29, 0.717) is 28.2 Å². The SMILES string of the molecule is CC(C)S(=O)(=O)c1ccc(-c2ccccc2F)cc1N1C[C@@H]2C(=O)c3cc4c(cc3[C@@H](c3cccc(S(=O)(=O)Oc5ccccc5)c3)[C@@H]2C1=O)OCO4. The molecule has 1 saturated heterocycles. The van der Waals surface area contributed by atoms with E-state index in [4.69, 9.17) is 13.7 Å². The first-order chi connectivity index (χ1) is 25.3. The molecule has 0 spiro atoms. The van der Waals surface area contributed by atoms with E-state index in [1.807, 2.05) is 0 Å². The zero-order valence-corrected chi connectivity index (χ0v) is 30.1. The normalized spacial score (nSPS) is 19.3. The lowest BCUT2D eigenvalue weighted by Gasteiger charge is -2.33. The number of rotatable bonds is 8. The number of amides is 1. The second-order valence-electron chi connectivity index (χ2n) is 13.4. The maximum absolute atomic E-state index is 15.0. The topological polar surface area (TPSA) is 133 Å². The van der Waals surface area contributed by atoms with Crippen molar-refractivity contribution < 1.29 is 44.5 Å². The van der Waals surface area contributed by atoms with Crippen LogP contribution in [-0.4, -0.2) is 47.1 Å². The molecule has 3 aliphatic rings. The second kappa shape index (κ2) is 12.8. The van der Waals surface area contributed by atoms with Crippen LogP contribution in [0.25, 0.3) is 11.1 Å². The van der Waals surface area contributed by atoms with Crippen molar-refractivity contribution in [3.05, 3.63) is 132 Å². The third-order valence-electron chi connectivity index (χ3n) is 10.0. The van der Waals surface area contributed by atoms with Crippen LogP contribution in [0, 0.1) is 17.7 Å². The molecule has 2 heterocycles. The van der Waals surface area contributed by atoms with Gasteiger partial charge in [-0.25, -0.2) is 12.8 Å². The molecule has 0 bridgehead atoms. The quantitative estimate of drug-likeness (QED) is 0.157. The predicted octanol–water partition coefficient (Wildman–Crippen LogP) is 6.78. The summed E-state index contributed by atoms with van der Waals surface area (Å²) in [7, 11) is -8.31. The minimum absolute atomic E-state index is 0.0243. The van der Waals surface area contributed by atoms with Crippen LogP contribution in [0.4, 0.5) is 10.1 Å². The van der Waals surface area contributed by atoms with Crippen LogP contribution < -0.4 is 18.6 Å². The summed E-state index contributed by atoms with van der Waals surface area (Å²) in [5.74, 6) is -3.51. The minimum Gasteiger partial charge on any atom is -0.454 e. The maximum atomic E-state index is 15.0. The highest BCUT2D eigenvalue weighted by Gasteiger charge is 2.54. The van der Waals surface area contributed by atoms with Crippen molar-refractivity contribution in [3.8, 4) is 28.4 Å². The van der Waals surface area contributed by atoms with Crippen LogP contribution in [0.5, 0.6) is 17.2 Å². The lowest BCUT2D eigenvalue weighted by atomic mass is 9.67. The zero-order chi connectivity index (χ0) is 37.2. The van der Waals surface area contributed by atoms with Gasteiger partial charge in [-0.1, -0.05) is 54.6 Å². The summed E-state index contributed by atoms with van der Waals surface area (Å²) in [6.07, 6.45) is 0. The summed E-state index contributed by atoms with van der Waals surface area (Å²) in [4.78, 5) is 30.3. The molecule has 3 atom stereocenters. The van der Waals surface area contributed by atoms with Gasteiger partial charge in [-0.15, -0.1) is 0 Å². The van der Waals surface area contributed by atoms with Crippen LogP contribution in [0.2, 0.25) is 0 Å². The molecule has 0 saturated carbocycles. The lowest BCUT2D eigenvalue weighted by molar-refractivity contribution is -0.121. The van der Waals surface area contributed by atoms with Gasteiger partial charge in [0.05, 0.1) is 27.7 Å². The predicted molar refractivity (Wildman–Crippen MR) is 193 cm³/mol. The number of hydrogen-bond donors (Lipinski definition) is 0. The molecule has 0 aromatic heterocycles. The Bertz CT molecular complexity index is 2540. The van der Waals surface area contributed by atoms with Crippen molar-refractivity contribution in [2.24, 2.45) is 11.8 Å². The van der Waals surface area contributed by atoms with Crippen LogP contribution >= 0.6 is 0 Å². The fourth-order valence-electron chi connectivity index (χ4n) is 7.40. The summed E-state index contributed by atoms with van der Waals surface area (Å²) in [6, 6.07) is 27.6. The zero-order valence-electron chi connectivity index (χ0n) is 28.4. The van der Waals surface area contributed by atoms with Gasteiger partial charge in [-0.2, -0.15) is 8.42 Å². The Morgan fingerprint density at radius 3 is 2.25 bits per heavy atom. The van der Waals surface area contributed by atoms with E-state index in [-0.39, 0.29) is 51.5 Å². The highest BCUT2D eigenvalue weighted by Crippen LogP contribution is 2.52. The number of anilines is 1. The third-order valence-corrected chi connectivity index (χ3v) is 13.5. The highest BCUT2D eigenvalue weighted by molar-refractivity contribution is 7.92. The van der Waals surface area contributed by atoms with Crippen LogP contribution in [0.3, 0.4) is 0 Å². The van der Waals surface area contributed by atoms with Gasteiger partial charge in [0.15, 0.2) is 27.1 Å². The Kier molecular flexibility index (Phi) is 8.38. The lowest BCUT2D eigenvalue weighted by Crippen LogP contribution is -2.36. The van der Waals surface area contributed by atoms with Gasteiger partial charge in [0.1, 0.15) is 16.5 Å². The van der Waals surface area contributed by atoms with Crippen LogP contribution in [0.15, 0.2) is 119 Å². The third kappa shape index (κ3) is 5.84. The largest absolute Gasteiger partial charge is 0.454 e. The number of ether oxygens (including phenoxy) is 2. The van der Waals surface area contributed by atoms with Gasteiger partial charge in [0.2, 0.25) is 12.7 Å². The Morgan fingerprint density at radius 1 is 0.792 bits per heavy atom. The Hall–Kier alpha value is -5.53. The second-order valence-corrected chi connectivity index (χ2v) is 17.4. The number of nitrogens with zero attached hydrogens (tertiary/aromatic N) is 1.